The zero-order chi connectivity index (χ0) is 36.1. The largest absolute Gasteiger partial charge is 0.444 e. The van der Waals surface area contributed by atoms with Crippen molar-refractivity contribution in [2.45, 2.75) is 102 Å². The van der Waals surface area contributed by atoms with Crippen molar-refractivity contribution in [1.29, 1.82) is 0 Å². The van der Waals surface area contributed by atoms with Crippen molar-refractivity contribution in [2.24, 2.45) is 0 Å². The minimum atomic E-state index is -0.919. The Morgan fingerprint density at radius 2 is 1.39 bits per heavy atom. The summed E-state index contributed by atoms with van der Waals surface area (Å²) in [5.41, 5.74) is 5.08. The third kappa shape index (κ3) is 13.4. The number of ether oxygens (including phenoxy) is 2. The maximum absolute atomic E-state index is 14.1. The van der Waals surface area contributed by atoms with Crippen LogP contribution < -0.4 is 16.0 Å². The van der Waals surface area contributed by atoms with E-state index in [0.29, 0.717) is 32.2 Å². The molecular weight excluding hydrogens is 685 g/mol. The maximum Gasteiger partial charge on any atom is 0.407 e. The molecule has 4 aromatic rings. The van der Waals surface area contributed by atoms with Crippen LogP contribution in [-0.2, 0) is 40.3 Å². The molecular formula is C38H48N6O5S2. The standard InChI is InChI=1S/C38H48N6O5S2/c1-38(2,3)49-24-34(43-36(46)44(31-16-17-31)22-32-20-39-25-50-32)35(45)41-29(18-27-10-6-4-7-11-27)14-15-30(19-28-12-8-5-9-13-28)42-37(47)48-23-33-21-40-26-51-33/h4-13,20-21,25-26,29-31,34H,14-19,22-24H2,1-3H3,(H,41,45)(H,42,47)(H,43,46)/t29-,30?,34?/m0/s1. The first-order chi connectivity index (χ1) is 24.6. The Labute approximate surface area is 308 Å². The minimum Gasteiger partial charge on any atom is -0.444 e. The second-order valence-corrected chi connectivity index (χ2v) is 15.7. The number of hydrogen-bond donors (Lipinski definition) is 3. The number of benzene rings is 2. The molecule has 1 aliphatic carbocycles. The topological polar surface area (TPSA) is 135 Å². The lowest BCUT2D eigenvalue weighted by atomic mass is 9.96. The summed E-state index contributed by atoms with van der Waals surface area (Å²) in [6.45, 7) is 6.36. The van der Waals surface area contributed by atoms with E-state index in [9.17, 15) is 14.4 Å². The van der Waals surface area contributed by atoms with Crippen LogP contribution in [0.15, 0.2) is 84.1 Å². The van der Waals surface area contributed by atoms with Gasteiger partial charge < -0.3 is 30.3 Å². The van der Waals surface area contributed by atoms with Crippen molar-refractivity contribution >= 4 is 40.7 Å². The van der Waals surface area contributed by atoms with Crippen LogP contribution in [0.1, 0.15) is 67.3 Å². The average Bonchev–Trinajstić information content (AvgIpc) is 3.55. The van der Waals surface area contributed by atoms with Crippen LogP contribution in [0, 0.1) is 0 Å². The summed E-state index contributed by atoms with van der Waals surface area (Å²) in [5.74, 6) is -0.321. The van der Waals surface area contributed by atoms with E-state index in [1.165, 1.54) is 22.7 Å². The third-order valence-electron chi connectivity index (χ3n) is 8.37. The van der Waals surface area contributed by atoms with Crippen molar-refractivity contribution in [2.75, 3.05) is 6.61 Å². The Morgan fingerprint density at radius 3 is 1.92 bits per heavy atom. The highest BCUT2D eigenvalue weighted by molar-refractivity contribution is 7.09. The SMILES string of the molecule is CC(C)(C)OCC(NC(=O)N(Cc1cncs1)C1CC1)C(=O)N[C@@H](CCC(Cc1ccccc1)NC(=O)OCc1cncs1)Cc1ccccc1. The maximum atomic E-state index is 14.1. The van der Waals surface area contributed by atoms with E-state index in [-0.39, 0.29) is 43.3 Å². The Morgan fingerprint density at radius 1 is 0.824 bits per heavy atom. The molecule has 2 heterocycles. The van der Waals surface area contributed by atoms with E-state index in [1.807, 2.05) is 81.4 Å². The van der Waals surface area contributed by atoms with Gasteiger partial charge in [-0.2, -0.15) is 0 Å². The highest BCUT2D eigenvalue weighted by Gasteiger charge is 2.35. The molecule has 0 radical (unpaired) electrons. The number of amides is 4. The van der Waals surface area contributed by atoms with Gasteiger partial charge in [-0.1, -0.05) is 60.7 Å². The van der Waals surface area contributed by atoms with Crippen LogP contribution >= 0.6 is 22.7 Å². The molecule has 272 valence electrons. The average molecular weight is 733 g/mol. The fourth-order valence-corrected chi connectivity index (χ4v) is 6.70. The second kappa shape index (κ2) is 18.8. The van der Waals surface area contributed by atoms with Crippen LogP contribution in [0.4, 0.5) is 9.59 Å². The molecule has 4 amide bonds. The molecule has 0 aliphatic heterocycles. The first-order valence-electron chi connectivity index (χ1n) is 17.4. The van der Waals surface area contributed by atoms with Gasteiger partial charge in [0.1, 0.15) is 12.6 Å². The molecule has 3 atom stereocenters. The van der Waals surface area contributed by atoms with Gasteiger partial charge in [-0.25, -0.2) is 9.59 Å². The molecule has 5 rings (SSSR count). The first kappa shape index (κ1) is 37.9. The number of hydrogen-bond acceptors (Lipinski definition) is 9. The van der Waals surface area contributed by atoms with Crippen LogP contribution in [0.25, 0.3) is 0 Å². The predicted molar refractivity (Wildman–Crippen MR) is 199 cm³/mol. The summed E-state index contributed by atoms with van der Waals surface area (Å²) in [7, 11) is 0. The van der Waals surface area contributed by atoms with E-state index in [1.54, 1.807) is 28.3 Å². The van der Waals surface area contributed by atoms with Gasteiger partial charge in [0.05, 0.1) is 34.7 Å². The lowest BCUT2D eigenvalue weighted by Crippen LogP contribution is -2.56. The van der Waals surface area contributed by atoms with Crippen LogP contribution in [-0.4, -0.2) is 69.3 Å². The molecule has 2 aromatic heterocycles. The third-order valence-corrected chi connectivity index (χ3v) is 9.88. The second-order valence-electron chi connectivity index (χ2n) is 13.8. The van der Waals surface area contributed by atoms with Gasteiger partial charge in [-0.05, 0) is 70.4 Å². The number of carbonyl (C=O) groups excluding carboxylic acids is 3. The van der Waals surface area contributed by atoms with E-state index in [2.05, 4.69) is 25.9 Å². The molecule has 0 bridgehead atoms. The molecule has 3 N–H and O–H groups in total. The molecule has 51 heavy (non-hydrogen) atoms. The van der Waals surface area contributed by atoms with Gasteiger partial charge in [0.25, 0.3) is 0 Å². The molecule has 11 nitrogen and oxygen atoms in total. The molecule has 13 heteroatoms. The van der Waals surface area contributed by atoms with Crippen molar-refractivity contribution in [3.05, 3.63) is 105 Å². The van der Waals surface area contributed by atoms with E-state index in [4.69, 9.17) is 9.47 Å². The number of aromatic nitrogens is 2. The first-order valence-corrected chi connectivity index (χ1v) is 19.1. The van der Waals surface area contributed by atoms with Gasteiger partial charge in [-0.15, -0.1) is 22.7 Å². The predicted octanol–water partition coefficient (Wildman–Crippen LogP) is 6.50. The normalized spacial score (nSPS) is 14.6. The van der Waals surface area contributed by atoms with Crippen molar-refractivity contribution in [3.63, 3.8) is 0 Å². The quantitative estimate of drug-likeness (QED) is 0.106. The Balaban J connectivity index is 1.29. The fourth-order valence-electron chi connectivity index (χ4n) is 5.60. The molecule has 0 saturated heterocycles. The zero-order valence-corrected chi connectivity index (χ0v) is 31.1. The van der Waals surface area contributed by atoms with Crippen LogP contribution in [0.5, 0.6) is 0 Å². The molecule has 2 unspecified atom stereocenters. The van der Waals surface area contributed by atoms with Crippen LogP contribution in [0.2, 0.25) is 0 Å². The minimum absolute atomic E-state index is 0.0159. The monoisotopic (exact) mass is 732 g/mol. The number of urea groups is 1. The number of thiazole rings is 2. The lowest BCUT2D eigenvalue weighted by molar-refractivity contribution is -0.126. The Bertz CT molecular complexity index is 1630. The van der Waals surface area contributed by atoms with Gasteiger partial charge in [0.2, 0.25) is 5.91 Å². The van der Waals surface area contributed by atoms with E-state index < -0.39 is 17.7 Å². The molecule has 1 saturated carbocycles. The molecule has 1 fully saturated rings. The molecule has 0 spiro atoms. The number of carbonyl (C=O) groups is 3. The van der Waals surface area contributed by atoms with E-state index in [0.717, 1.165) is 33.7 Å². The number of alkyl carbamates (subject to hydrolysis) is 1. The van der Waals surface area contributed by atoms with Gasteiger partial charge in [-0.3, -0.25) is 14.8 Å². The highest BCUT2D eigenvalue weighted by atomic mass is 32.1. The fraction of sp³-hybridized carbons (Fsp3) is 0.447. The Hall–Kier alpha value is -4.33. The summed E-state index contributed by atoms with van der Waals surface area (Å²) in [6.07, 6.45) is 7.11. The summed E-state index contributed by atoms with van der Waals surface area (Å²) in [5, 5.41) is 9.30. The number of nitrogens with one attached hydrogen (secondary N) is 3. The summed E-state index contributed by atoms with van der Waals surface area (Å²) < 4.78 is 11.6. The number of nitrogens with zero attached hydrogens (tertiary/aromatic N) is 3. The zero-order valence-electron chi connectivity index (χ0n) is 29.5. The summed E-state index contributed by atoms with van der Waals surface area (Å²) in [6, 6.07) is 18.3. The van der Waals surface area contributed by atoms with Crippen molar-refractivity contribution in [1.82, 2.24) is 30.8 Å². The van der Waals surface area contributed by atoms with Crippen LogP contribution in [0.3, 0.4) is 0 Å². The van der Waals surface area contributed by atoms with E-state index >= 15 is 0 Å². The summed E-state index contributed by atoms with van der Waals surface area (Å²) in [4.78, 5) is 52.6. The highest BCUT2D eigenvalue weighted by Crippen LogP contribution is 2.29. The van der Waals surface area contributed by atoms with Gasteiger partial charge >= 0.3 is 12.1 Å². The lowest BCUT2D eigenvalue weighted by Gasteiger charge is -2.30. The molecule has 2 aromatic carbocycles. The van der Waals surface area contributed by atoms with Crippen molar-refractivity contribution < 1.29 is 23.9 Å². The van der Waals surface area contributed by atoms with Gasteiger partial charge in [0, 0.05) is 35.4 Å². The molecule has 1 aliphatic rings. The van der Waals surface area contributed by atoms with Gasteiger partial charge in [0.15, 0.2) is 0 Å². The van der Waals surface area contributed by atoms with Crippen molar-refractivity contribution in [3.8, 4) is 0 Å². The number of rotatable bonds is 18. The summed E-state index contributed by atoms with van der Waals surface area (Å²) >= 11 is 2.93. The smallest absolute Gasteiger partial charge is 0.407 e. The Kier molecular flexibility index (Phi) is 14.0.